The van der Waals surface area contributed by atoms with Gasteiger partial charge in [0.25, 0.3) is 0 Å². The average Bonchev–Trinajstić information content (AvgIpc) is 3.18. The molecule has 27 heavy (non-hydrogen) atoms. The number of aliphatic hydroxyl groups is 1. The average molecular weight is 377 g/mol. The van der Waals surface area contributed by atoms with Gasteiger partial charge in [0.1, 0.15) is 6.33 Å². The molecule has 1 fully saturated rings. The van der Waals surface area contributed by atoms with Gasteiger partial charge in [-0.1, -0.05) is 23.9 Å². The normalized spacial score (nSPS) is 16.8. The van der Waals surface area contributed by atoms with E-state index in [9.17, 15) is 5.11 Å². The van der Waals surface area contributed by atoms with Crippen molar-refractivity contribution >= 4 is 28.3 Å². The lowest BCUT2D eigenvalue weighted by Crippen LogP contribution is -2.33. The Kier molecular flexibility index (Phi) is 4.11. The van der Waals surface area contributed by atoms with Crippen molar-refractivity contribution in [2.75, 3.05) is 13.2 Å². The van der Waals surface area contributed by atoms with E-state index in [0.29, 0.717) is 26.1 Å². The molecule has 3 heterocycles. The summed E-state index contributed by atoms with van der Waals surface area (Å²) in [6.45, 7) is 1.21. The van der Waals surface area contributed by atoms with Crippen LogP contribution in [0.15, 0.2) is 70.7 Å². The number of rotatable bonds is 3. The molecule has 5 nitrogen and oxygen atoms in total. The molecule has 1 aliphatic heterocycles. The van der Waals surface area contributed by atoms with E-state index in [2.05, 4.69) is 46.5 Å². The number of aromatic nitrogens is 3. The molecule has 1 N–H and O–H groups in total. The number of hydrogen-bond acceptors (Lipinski definition) is 5. The fourth-order valence-corrected chi connectivity index (χ4v) is 4.55. The second-order valence-corrected chi connectivity index (χ2v) is 8.00. The summed E-state index contributed by atoms with van der Waals surface area (Å²) in [6, 6.07) is 18.6. The van der Waals surface area contributed by atoms with Gasteiger partial charge in [0, 0.05) is 41.2 Å². The molecule has 5 rings (SSSR count). The highest BCUT2D eigenvalue weighted by Gasteiger charge is 2.31. The Morgan fingerprint density at radius 2 is 1.85 bits per heavy atom. The van der Waals surface area contributed by atoms with Gasteiger partial charge in [0.15, 0.2) is 5.65 Å². The van der Waals surface area contributed by atoms with Gasteiger partial charge in [-0.05, 0) is 48.0 Å². The van der Waals surface area contributed by atoms with Crippen molar-refractivity contribution in [2.45, 2.75) is 28.2 Å². The molecule has 6 heteroatoms. The van der Waals surface area contributed by atoms with Crippen LogP contribution in [0, 0.1) is 0 Å². The molecule has 0 saturated carbocycles. The third-order valence-corrected chi connectivity index (χ3v) is 6.12. The number of ether oxygens (including phenoxy) is 1. The Morgan fingerprint density at radius 3 is 2.74 bits per heavy atom. The summed E-state index contributed by atoms with van der Waals surface area (Å²) in [5, 5.41) is 16.4. The van der Waals surface area contributed by atoms with Crippen LogP contribution in [0.1, 0.15) is 18.4 Å². The Bertz CT molecular complexity index is 1120. The van der Waals surface area contributed by atoms with Gasteiger partial charge in [-0.2, -0.15) is 5.10 Å². The van der Waals surface area contributed by atoms with Gasteiger partial charge in [-0.25, -0.2) is 9.50 Å². The number of nitrogens with zero attached hydrogens (tertiary/aromatic N) is 3. The van der Waals surface area contributed by atoms with Crippen LogP contribution in [0.5, 0.6) is 0 Å². The van der Waals surface area contributed by atoms with Gasteiger partial charge in [-0.15, -0.1) is 0 Å². The molecule has 0 aliphatic carbocycles. The SMILES string of the molecule is OC1(c2cccc(Sc3ccc4c(ccc5ncnn54)c3)c2)CCOCC1. The molecule has 136 valence electrons. The smallest absolute Gasteiger partial charge is 0.155 e. The lowest BCUT2D eigenvalue weighted by Gasteiger charge is -2.32. The maximum atomic E-state index is 10.9. The van der Waals surface area contributed by atoms with E-state index < -0.39 is 5.60 Å². The van der Waals surface area contributed by atoms with Crippen LogP contribution in [0.4, 0.5) is 0 Å². The number of benzene rings is 2. The highest BCUT2D eigenvalue weighted by Crippen LogP contribution is 2.36. The van der Waals surface area contributed by atoms with Gasteiger partial charge >= 0.3 is 0 Å². The topological polar surface area (TPSA) is 59.7 Å². The van der Waals surface area contributed by atoms with E-state index in [4.69, 9.17) is 4.74 Å². The molecule has 1 aliphatic rings. The summed E-state index contributed by atoms with van der Waals surface area (Å²) < 4.78 is 7.25. The summed E-state index contributed by atoms with van der Waals surface area (Å²) in [4.78, 5) is 6.50. The van der Waals surface area contributed by atoms with Crippen LogP contribution in [-0.2, 0) is 10.3 Å². The maximum Gasteiger partial charge on any atom is 0.155 e. The fourth-order valence-electron chi connectivity index (χ4n) is 3.62. The third kappa shape index (κ3) is 3.10. The van der Waals surface area contributed by atoms with Crippen molar-refractivity contribution in [3.8, 4) is 0 Å². The quantitative estimate of drug-likeness (QED) is 0.584. The molecule has 0 atom stereocenters. The molecule has 0 amide bonds. The van der Waals surface area contributed by atoms with Crippen molar-refractivity contribution in [3.05, 3.63) is 66.5 Å². The highest BCUT2D eigenvalue weighted by molar-refractivity contribution is 7.99. The molecule has 0 bridgehead atoms. The second kappa shape index (κ2) is 6.64. The van der Waals surface area contributed by atoms with Crippen LogP contribution in [0.25, 0.3) is 16.6 Å². The first-order chi connectivity index (χ1) is 13.2. The number of hydrogen-bond donors (Lipinski definition) is 1. The summed E-state index contributed by atoms with van der Waals surface area (Å²) >= 11 is 1.70. The van der Waals surface area contributed by atoms with Crippen LogP contribution in [-0.4, -0.2) is 32.9 Å². The van der Waals surface area contributed by atoms with E-state index in [1.54, 1.807) is 18.1 Å². The van der Waals surface area contributed by atoms with Crippen LogP contribution < -0.4 is 0 Å². The predicted octanol–water partition coefficient (Wildman–Crippen LogP) is 4.03. The summed E-state index contributed by atoms with van der Waals surface area (Å²) in [5.41, 5.74) is 2.08. The van der Waals surface area contributed by atoms with Crippen LogP contribution in [0.3, 0.4) is 0 Å². The fraction of sp³-hybridized carbons (Fsp3) is 0.238. The first-order valence-corrected chi connectivity index (χ1v) is 9.84. The zero-order valence-corrected chi connectivity index (χ0v) is 15.5. The van der Waals surface area contributed by atoms with Gasteiger partial charge in [0.2, 0.25) is 0 Å². The minimum Gasteiger partial charge on any atom is -0.385 e. The van der Waals surface area contributed by atoms with Crippen molar-refractivity contribution in [1.29, 1.82) is 0 Å². The van der Waals surface area contributed by atoms with Crippen molar-refractivity contribution in [1.82, 2.24) is 14.6 Å². The van der Waals surface area contributed by atoms with E-state index in [-0.39, 0.29) is 0 Å². The lowest BCUT2D eigenvalue weighted by atomic mass is 9.87. The molecule has 0 spiro atoms. The van der Waals surface area contributed by atoms with Crippen molar-refractivity contribution in [2.24, 2.45) is 0 Å². The highest BCUT2D eigenvalue weighted by atomic mass is 32.2. The molecule has 2 aromatic heterocycles. The standard InChI is InChI=1S/C21H19N3O2S/c25-21(8-10-26-11-9-21)16-2-1-3-17(13-16)27-18-5-6-19-15(12-18)4-7-20-22-14-23-24(19)20/h1-7,12-14,25H,8-11H2. The Morgan fingerprint density at radius 1 is 1.00 bits per heavy atom. The lowest BCUT2D eigenvalue weighted by molar-refractivity contribution is -0.0680. The van der Waals surface area contributed by atoms with Gasteiger partial charge < -0.3 is 9.84 Å². The van der Waals surface area contributed by atoms with Crippen LogP contribution >= 0.6 is 11.8 Å². The van der Waals surface area contributed by atoms with Crippen molar-refractivity contribution < 1.29 is 9.84 Å². The summed E-state index contributed by atoms with van der Waals surface area (Å²) in [7, 11) is 0. The minimum atomic E-state index is -0.781. The van der Waals surface area contributed by atoms with E-state index in [0.717, 1.165) is 31.9 Å². The predicted molar refractivity (Wildman–Crippen MR) is 105 cm³/mol. The van der Waals surface area contributed by atoms with Crippen molar-refractivity contribution in [3.63, 3.8) is 0 Å². The van der Waals surface area contributed by atoms with Crippen LogP contribution in [0.2, 0.25) is 0 Å². The molecule has 0 radical (unpaired) electrons. The molecular weight excluding hydrogens is 358 g/mol. The Hall–Kier alpha value is -2.41. The zero-order chi connectivity index (χ0) is 18.3. The number of fused-ring (bicyclic) bond motifs is 3. The second-order valence-electron chi connectivity index (χ2n) is 6.86. The summed E-state index contributed by atoms with van der Waals surface area (Å²) in [5.74, 6) is 0. The maximum absolute atomic E-state index is 10.9. The Labute approximate surface area is 161 Å². The third-order valence-electron chi connectivity index (χ3n) is 5.14. The first-order valence-electron chi connectivity index (χ1n) is 9.02. The Balaban J connectivity index is 1.46. The molecule has 0 unspecified atom stereocenters. The van der Waals surface area contributed by atoms with Gasteiger partial charge in [0.05, 0.1) is 11.1 Å². The minimum absolute atomic E-state index is 0.606. The van der Waals surface area contributed by atoms with Gasteiger partial charge in [-0.3, -0.25) is 0 Å². The monoisotopic (exact) mass is 377 g/mol. The molecule has 2 aromatic carbocycles. The molecule has 1 saturated heterocycles. The number of pyridine rings is 1. The van der Waals surface area contributed by atoms with E-state index in [1.807, 2.05) is 22.7 Å². The molecular formula is C21H19N3O2S. The van der Waals surface area contributed by atoms with E-state index in [1.165, 1.54) is 0 Å². The first kappa shape index (κ1) is 16.7. The zero-order valence-electron chi connectivity index (χ0n) is 14.7. The van der Waals surface area contributed by atoms with E-state index >= 15 is 0 Å². The largest absolute Gasteiger partial charge is 0.385 e. The summed E-state index contributed by atoms with van der Waals surface area (Å²) in [6.07, 6.45) is 2.86. The molecule has 4 aromatic rings.